The number of benzene rings is 1. The Labute approximate surface area is 116 Å². The summed E-state index contributed by atoms with van der Waals surface area (Å²) in [7, 11) is 0. The molecule has 10 heteroatoms. The molecule has 0 saturated heterocycles. The highest BCUT2D eigenvalue weighted by Crippen LogP contribution is 2.37. The van der Waals surface area contributed by atoms with Crippen molar-refractivity contribution in [2.24, 2.45) is 5.10 Å². The van der Waals surface area contributed by atoms with E-state index in [0.29, 0.717) is 6.07 Å². The number of rotatable bonds is 3. The second-order valence-electron chi connectivity index (χ2n) is 3.73. The van der Waals surface area contributed by atoms with Crippen molar-refractivity contribution in [1.29, 1.82) is 10.5 Å². The van der Waals surface area contributed by atoms with Crippen molar-refractivity contribution >= 4 is 17.1 Å². The third kappa shape index (κ3) is 3.67. The fraction of sp³-hybridized carbons (Fsp3) is 0.182. The van der Waals surface area contributed by atoms with Gasteiger partial charge in [0.1, 0.15) is 17.8 Å². The first-order chi connectivity index (χ1) is 9.70. The lowest BCUT2D eigenvalue weighted by molar-refractivity contribution is -0.384. The molecule has 0 aromatic heterocycles. The smallest absolute Gasteiger partial charge is 0.270 e. The van der Waals surface area contributed by atoms with Gasteiger partial charge in [-0.3, -0.25) is 15.5 Å². The van der Waals surface area contributed by atoms with E-state index in [0.717, 1.165) is 13.0 Å². The quantitative estimate of drug-likeness (QED) is 0.523. The highest BCUT2D eigenvalue weighted by Gasteiger charge is 2.35. The fourth-order valence-corrected chi connectivity index (χ4v) is 1.43. The van der Waals surface area contributed by atoms with Crippen molar-refractivity contribution in [3.05, 3.63) is 33.4 Å². The highest BCUT2D eigenvalue weighted by molar-refractivity contribution is 6.10. The monoisotopic (exact) mass is 297 g/mol. The van der Waals surface area contributed by atoms with Gasteiger partial charge in [-0.1, -0.05) is 0 Å². The molecule has 0 aliphatic carbocycles. The standard InChI is InChI=1S/C11H6F3N5O2/c1-6-2-9(18-17-7(4-15)5-16)10(19(20)21)3-8(6)11(12,13)14/h2-3,18H,1H3. The number of nitrogens with one attached hydrogen (secondary N) is 1. The number of nitro benzene ring substituents is 1. The van der Waals surface area contributed by atoms with Crippen LogP contribution in [0.4, 0.5) is 24.5 Å². The normalized spacial score (nSPS) is 10.2. The second-order valence-corrected chi connectivity index (χ2v) is 3.73. The Bertz CT molecular complexity index is 682. The third-order valence-electron chi connectivity index (χ3n) is 2.34. The van der Waals surface area contributed by atoms with E-state index >= 15 is 0 Å². The predicted molar refractivity (Wildman–Crippen MR) is 65.1 cm³/mol. The van der Waals surface area contributed by atoms with Crippen LogP contribution >= 0.6 is 0 Å². The average molecular weight is 297 g/mol. The van der Waals surface area contributed by atoms with Crippen LogP contribution in [-0.2, 0) is 6.18 Å². The van der Waals surface area contributed by atoms with E-state index in [-0.39, 0.29) is 11.3 Å². The number of alkyl halides is 3. The Morgan fingerprint density at radius 2 is 1.95 bits per heavy atom. The van der Waals surface area contributed by atoms with Crippen LogP contribution in [0, 0.1) is 39.7 Å². The molecule has 21 heavy (non-hydrogen) atoms. The summed E-state index contributed by atoms with van der Waals surface area (Å²) in [5.41, 5.74) is -1.21. The molecule has 0 aliphatic rings. The molecule has 0 spiro atoms. The average Bonchev–Trinajstić information content (AvgIpc) is 2.38. The van der Waals surface area contributed by atoms with Gasteiger partial charge in [0.2, 0.25) is 5.71 Å². The maximum atomic E-state index is 12.7. The Balaban J connectivity index is 3.39. The first-order valence-electron chi connectivity index (χ1n) is 5.20. The Morgan fingerprint density at radius 3 is 2.38 bits per heavy atom. The summed E-state index contributed by atoms with van der Waals surface area (Å²) in [4.78, 5) is 9.79. The van der Waals surface area contributed by atoms with Gasteiger partial charge >= 0.3 is 6.18 Å². The fourth-order valence-electron chi connectivity index (χ4n) is 1.43. The molecule has 0 fully saturated rings. The number of hydrogen-bond donors (Lipinski definition) is 1. The minimum absolute atomic E-state index is 0.263. The summed E-state index contributed by atoms with van der Waals surface area (Å²) in [5, 5.41) is 31.0. The molecule has 1 aromatic carbocycles. The van der Waals surface area contributed by atoms with Gasteiger partial charge in [-0.05, 0) is 18.6 Å². The highest BCUT2D eigenvalue weighted by atomic mass is 19.4. The SMILES string of the molecule is Cc1cc(NN=C(C#N)C#N)c([N+](=O)[O-])cc1C(F)(F)F. The topological polar surface area (TPSA) is 115 Å². The lowest BCUT2D eigenvalue weighted by Crippen LogP contribution is -2.10. The first kappa shape index (κ1) is 15.9. The molecule has 7 nitrogen and oxygen atoms in total. The lowest BCUT2D eigenvalue weighted by Gasteiger charge is -2.11. The summed E-state index contributed by atoms with van der Waals surface area (Å²) in [6.07, 6.45) is -4.74. The lowest BCUT2D eigenvalue weighted by atomic mass is 10.1. The molecule has 0 saturated carbocycles. The van der Waals surface area contributed by atoms with Crippen LogP contribution in [0.1, 0.15) is 11.1 Å². The van der Waals surface area contributed by atoms with Gasteiger partial charge in [0.15, 0.2) is 0 Å². The van der Waals surface area contributed by atoms with E-state index in [2.05, 4.69) is 5.10 Å². The van der Waals surface area contributed by atoms with Crippen molar-refractivity contribution in [1.82, 2.24) is 0 Å². The van der Waals surface area contributed by atoms with E-state index < -0.39 is 28.1 Å². The Morgan fingerprint density at radius 1 is 1.38 bits per heavy atom. The number of halogens is 3. The number of nitriles is 2. The molecule has 108 valence electrons. The summed E-state index contributed by atoms with van der Waals surface area (Å²) >= 11 is 0. The third-order valence-corrected chi connectivity index (χ3v) is 2.34. The van der Waals surface area contributed by atoms with E-state index in [9.17, 15) is 23.3 Å². The van der Waals surface area contributed by atoms with Gasteiger partial charge < -0.3 is 0 Å². The molecule has 1 N–H and O–H groups in total. The van der Waals surface area contributed by atoms with Gasteiger partial charge in [-0.2, -0.15) is 28.8 Å². The van der Waals surface area contributed by atoms with Crippen LogP contribution in [0.2, 0.25) is 0 Å². The number of aryl methyl sites for hydroxylation is 1. The van der Waals surface area contributed by atoms with Gasteiger partial charge in [0, 0.05) is 6.07 Å². The van der Waals surface area contributed by atoms with Crippen LogP contribution in [0.3, 0.4) is 0 Å². The van der Waals surface area contributed by atoms with E-state index in [4.69, 9.17) is 10.5 Å². The Kier molecular flexibility index (Phi) is 4.46. The number of anilines is 1. The number of nitro groups is 1. The molecule has 1 aromatic rings. The van der Waals surface area contributed by atoms with Crippen molar-refractivity contribution in [3.8, 4) is 12.1 Å². The van der Waals surface area contributed by atoms with E-state index in [1.54, 1.807) is 0 Å². The molecular weight excluding hydrogens is 291 g/mol. The van der Waals surface area contributed by atoms with E-state index in [1.165, 1.54) is 12.1 Å². The zero-order valence-corrected chi connectivity index (χ0v) is 10.4. The summed E-state index contributed by atoms with van der Waals surface area (Å²) in [5.74, 6) is 0. The maximum Gasteiger partial charge on any atom is 0.416 e. The summed E-state index contributed by atoms with van der Waals surface area (Å²) in [6, 6.07) is 4.03. The number of hydrogen-bond acceptors (Lipinski definition) is 6. The van der Waals surface area contributed by atoms with Crippen LogP contribution in [0.25, 0.3) is 0 Å². The number of hydrazone groups is 1. The molecule has 0 unspecified atom stereocenters. The van der Waals surface area contributed by atoms with E-state index in [1.807, 2.05) is 5.43 Å². The van der Waals surface area contributed by atoms with Gasteiger partial charge in [0.05, 0.1) is 10.5 Å². The molecule has 0 radical (unpaired) electrons. The van der Waals surface area contributed by atoms with Crippen LogP contribution in [0.5, 0.6) is 0 Å². The summed E-state index contributed by atoms with van der Waals surface area (Å²) in [6.45, 7) is 1.12. The summed E-state index contributed by atoms with van der Waals surface area (Å²) < 4.78 is 38.1. The number of nitrogens with zero attached hydrogens (tertiary/aromatic N) is 4. The minimum atomic E-state index is -4.74. The first-order valence-corrected chi connectivity index (χ1v) is 5.20. The zero-order valence-electron chi connectivity index (χ0n) is 10.4. The predicted octanol–water partition coefficient (Wildman–Crippen LogP) is 2.74. The Hall–Kier alpha value is -3.14. The molecular formula is C11H6F3N5O2. The van der Waals surface area contributed by atoms with Crippen molar-refractivity contribution < 1.29 is 18.1 Å². The van der Waals surface area contributed by atoms with Crippen molar-refractivity contribution in [3.63, 3.8) is 0 Å². The second kappa shape index (κ2) is 5.88. The van der Waals surface area contributed by atoms with Crippen molar-refractivity contribution in [2.75, 3.05) is 5.43 Å². The van der Waals surface area contributed by atoms with Gasteiger partial charge in [0.25, 0.3) is 5.69 Å². The molecule has 0 aliphatic heterocycles. The van der Waals surface area contributed by atoms with Crippen LogP contribution < -0.4 is 5.43 Å². The van der Waals surface area contributed by atoms with Crippen molar-refractivity contribution in [2.45, 2.75) is 13.1 Å². The van der Waals surface area contributed by atoms with Crippen LogP contribution in [0.15, 0.2) is 17.2 Å². The maximum absolute atomic E-state index is 12.7. The minimum Gasteiger partial charge on any atom is -0.270 e. The largest absolute Gasteiger partial charge is 0.416 e. The molecule has 0 atom stereocenters. The molecule has 0 amide bonds. The molecule has 0 heterocycles. The van der Waals surface area contributed by atoms with Gasteiger partial charge in [-0.25, -0.2) is 0 Å². The van der Waals surface area contributed by atoms with Gasteiger partial charge in [-0.15, -0.1) is 0 Å². The van der Waals surface area contributed by atoms with Crippen LogP contribution in [-0.4, -0.2) is 10.6 Å². The zero-order chi connectivity index (χ0) is 16.2. The molecule has 0 bridgehead atoms. The molecule has 1 rings (SSSR count).